The third-order valence-electron chi connectivity index (χ3n) is 2.17. The van der Waals surface area contributed by atoms with Crippen LogP contribution < -0.4 is 9.47 Å². The van der Waals surface area contributed by atoms with Gasteiger partial charge in [-0.15, -0.1) is 0 Å². The lowest BCUT2D eigenvalue weighted by Crippen LogP contribution is -1.92. The van der Waals surface area contributed by atoms with Crippen molar-refractivity contribution in [2.75, 3.05) is 20.8 Å². The summed E-state index contributed by atoms with van der Waals surface area (Å²) >= 11 is 3.41. The molecule has 0 amide bonds. The van der Waals surface area contributed by atoms with E-state index in [0.717, 1.165) is 28.1 Å². The molecule has 1 heterocycles. The minimum Gasteiger partial charge on any atom is -0.495 e. The number of hydrogen-bond acceptors (Lipinski definition) is 3. The highest BCUT2D eigenvalue weighted by Gasteiger charge is 2.26. The van der Waals surface area contributed by atoms with Gasteiger partial charge in [-0.1, -0.05) is 0 Å². The molecular formula is C10H11BrO3. The quantitative estimate of drug-likeness (QED) is 0.781. The highest BCUT2D eigenvalue weighted by Crippen LogP contribution is 2.40. The molecule has 1 atom stereocenters. The third-order valence-corrected chi connectivity index (χ3v) is 2.95. The predicted octanol–water partition coefficient (Wildman–Crippen LogP) is 2.54. The van der Waals surface area contributed by atoms with Gasteiger partial charge in [0.2, 0.25) is 0 Å². The highest BCUT2D eigenvalue weighted by atomic mass is 79.9. The molecule has 0 radical (unpaired) electrons. The van der Waals surface area contributed by atoms with E-state index >= 15 is 0 Å². The van der Waals surface area contributed by atoms with Crippen LogP contribution in [-0.2, 0) is 4.74 Å². The van der Waals surface area contributed by atoms with Crippen LogP contribution in [0.3, 0.4) is 0 Å². The van der Waals surface area contributed by atoms with Crippen LogP contribution in [0.2, 0.25) is 0 Å². The van der Waals surface area contributed by atoms with Crippen LogP contribution in [-0.4, -0.2) is 20.8 Å². The second-order valence-electron chi connectivity index (χ2n) is 3.06. The summed E-state index contributed by atoms with van der Waals surface area (Å²) in [5.74, 6) is 1.55. The molecule has 2 rings (SSSR count). The van der Waals surface area contributed by atoms with Crippen molar-refractivity contribution in [1.82, 2.24) is 0 Å². The number of benzene rings is 1. The van der Waals surface area contributed by atoms with Gasteiger partial charge in [0.05, 0.1) is 20.8 Å². The van der Waals surface area contributed by atoms with Crippen molar-refractivity contribution in [3.05, 3.63) is 22.2 Å². The van der Waals surface area contributed by atoms with Gasteiger partial charge in [-0.25, -0.2) is 0 Å². The van der Waals surface area contributed by atoms with Gasteiger partial charge in [0, 0.05) is 0 Å². The number of ether oxygens (including phenoxy) is 3. The van der Waals surface area contributed by atoms with E-state index in [0.29, 0.717) is 0 Å². The second kappa shape index (κ2) is 3.79. The molecule has 14 heavy (non-hydrogen) atoms. The van der Waals surface area contributed by atoms with Gasteiger partial charge < -0.3 is 14.2 Å². The predicted molar refractivity (Wildman–Crippen MR) is 55.9 cm³/mol. The lowest BCUT2D eigenvalue weighted by molar-refractivity contribution is 0.383. The summed E-state index contributed by atoms with van der Waals surface area (Å²) in [5, 5.41) is 0. The topological polar surface area (TPSA) is 31.0 Å². The SMILES string of the molecule is COc1cc([C@H]2CO2)cc(OC)c1Br. The molecule has 0 N–H and O–H groups in total. The van der Waals surface area contributed by atoms with Crippen LogP contribution in [0.4, 0.5) is 0 Å². The highest BCUT2D eigenvalue weighted by molar-refractivity contribution is 9.10. The fourth-order valence-corrected chi connectivity index (χ4v) is 1.87. The van der Waals surface area contributed by atoms with Crippen molar-refractivity contribution in [1.29, 1.82) is 0 Å². The molecule has 0 saturated carbocycles. The first kappa shape index (κ1) is 9.80. The molecule has 1 aromatic rings. The molecule has 3 nitrogen and oxygen atoms in total. The van der Waals surface area contributed by atoms with Gasteiger partial charge in [-0.2, -0.15) is 0 Å². The summed E-state index contributed by atoms with van der Waals surface area (Å²) in [6.07, 6.45) is 0.214. The maximum absolute atomic E-state index is 5.22. The van der Waals surface area contributed by atoms with Gasteiger partial charge in [0.15, 0.2) is 0 Å². The van der Waals surface area contributed by atoms with Crippen LogP contribution in [0.5, 0.6) is 11.5 Å². The average molecular weight is 259 g/mol. The zero-order valence-corrected chi connectivity index (χ0v) is 9.63. The Morgan fingerprint density at radius 2 is 1.79 bits per heavy atom. The molecule has 0 aromatic heterocycles. The van der Waals surface area contributed by atoms with Crippen molar-refractivity contribution in [3.8, 4) is 11.5 Å². The maximum atomic E-state index is 5.22. The van der Waals surface area contributed by atoms with Gasteiger partial charge in [0.1, 0.15) is 22.1 Å². The zero-order valence-electron chi connectivity index (χ0n) is 8.04. The molecule has 1 aromatic carbocycles. The lowest BCUT2D eigenvalue weighted by Gasteiger charge is -2.10. The summed E-state index contributed by atoms with van der Waals surface area (Å²) < 4.78 is 16.5. The van der Waals surface area contributed by atoms with Crippen LogP contribution in [0.25, 0.3) is 0 Å². The lowest BCUT2D eigenvalue weighted by atomic mass is 10.1. The van der Waals surface area contributed by atoms with E-state index < -0.39 is 0 Å². The Kier molecular flexibility index (Phi) is 2.65. The Morgan fingerprint density at radius 3 is 2.14 bits per heavy atom. The fraction of sp³-hybridized carbons (Fsp3) is 0.400. The smallest absolute Gasteiger partial charge is 0.137 e. The zero-order chi connectivity index (χ0) is 10.1. The number of epoxide rings is 1. The van der Waals surface area contributed by atoms with E-state index in [1.807, 2.05) is 12.1 Å². The summed E-state index contributed by atoms with van der Waals surface area (Å²) in [5.41, 5.74) is 1.10. The van der Waals surface area contributed by atoms with E-state index in [1.165, 1.54) is 0 Å². The van der Waals surface area contributed by atoms with E-state index in [2.05, 4.69) is 15.9 Å². The number of methoxy groups -OCH3 is 2. The Labute approximate surface area is 91.1 Å². The monoisotopic (exact) mass is 258 g/mol. The van der Waals surface area contributed by atoms with Crippen molar-refractivity contribution in [3.63, 3.8) is 0 Å². The fourth-order valence-electron chi connectivity index (χ4n) is 1.32. The number of halogens is 1. The molecule has 1 saturated heterocycles. The molecule has 76 valence electrons. The van der Waals surface area contributed by atoms with Crippen molar-refractivity contribution in [2.45, 2.75) is 6.10 Å². The molecule has 0 bridgehead atoms. The largest absolute Gasteiger partial charge is 0.495 e. The number of hydrogen-bond donors (Lipinski definition) is 0. The normalized spacial score (nSPS) is 19.2. The molecule has 0 spiro atoms. The Bertz CT molecular complexity index is 322. The minimum atomic E-state index is 0.214. The third kappa shape index (κ3) is 1.72. The molecule has 1 aliphatic heterocycles. The van der Waals surface area contributed by atoms with Crippen LogP contribution in [0, 0.1) is 0 Å². The Hall–Kier alpha value is -0.740. The summed E-state index contributed by atoms with van der Waals surface area (Å²) in [6.45, 7) is 0.786. The van der Waals surface area contributed by atoms with Crippen molar-refractivity contribution >= 4 is 15.9 Å². The summed E-state index contributed by atoms with van der Waals surface area (Å²) in [4.78, 5) is 0. The second-order valence-corrected chi connectivity index (χ2v) is 3.85. The standard InChI is InChI=1S/C10H11BrO3/c1-12-7-3-6(9-5-14-9)4-8(13-2)10(7)11/h3-4,9H,5H2,1-2H3/t9-/m1/s1. The summed E-state index contributed by atoms with van der Waals surface area (Å²) in [6, 6.07) is 3.93. The first-order valence-corrected chi connectivity index (χ1v) is 5.08. The summed E-state index contributed by atoms with van der Waals surface area (Å²) in [7, 11) is 3.27. The van der Waals surface area contributed by atoms with Gasteiger partial charge in [0.25, 0.3) is 0 Å². The van der Waals surface area contributed by atoms with Crippen molar-refractivity contribution in [2.24, 2.45) is 0 Å². The van der Waals surface area contributed by atoms with E-state index in [-0.39, 0.29) is 6.10 Å². The Balaban J connectivity index is 2.43. The molecule has 1 fully saturated rings. The number of rotatable bonds is 3. The van der Waals surface area contributed by atoms with Gasteiger partial charge in [-0.3, -0.25) is 0 Å². The average Bonchev–Trinajstić information content (AvgIpc) is 3.02. The van der Waals surface area contributed by atoms with Gasteiger partial charge in [-0.05, 0) is 33.6 Å². The van der Waals surface area contributed by atoms with Gasteiger partial charge >= 0.3 is 0 Å². The van der Waals surface area contributed by atoms with Crippen LogP contribution >= 0.6 is 15.9 Å². The molecule has 4 heteroatoms. The van der Waals surface area contributed by atoms with E-state index in [4.69, 9.17) is 14.2 Å². The first-order valence-electron chi connectivity index (χ1n) is 4.29. The minimum absolute atomic E-state index is 0.214. The maximum Gasteiger partial charge on any atom is 0.137 e. The first-order chi connectivity index (χ1) is 6.76. The molecule has 0 unspecified atom stereocenters. The van der Waals surface area contributed by atoms with Crippen LogP contribution in [0.1, 0.15) is 11.7 Å². The van der Waals surface area contributed by atoms with E-state index in [1.54, 1.807) is 14.2 Å². The molecule has 0 aliphatic carbocycles. The van der Waals surface area contributed by atoms with Crippen LogP contribution in [0.15, 0.2) is 16.6 Å². The van der Waals surface area contributed by atoms with Crippen molar-refractivity contribution < 1.29 is 14.2 Å². The molecular weight excluding hydrogens is 248 g/mol. The molecule has 1 aliphatic rings. The Morgan fingerprint density at radius 1 is 1.29 bits per heavy atom. The van der Waals surface area contributed by atoms with E-state index in [9.17, 15) is 0 Å².